The van der Waals surface area contributed by atoms with Crippen LogP contribution in [0.25, 0.3) is 0 Å². The SMILES string of the molecule is C[C@H]1CCN(C(=O)CN)[C@H](C(=O)NCCCCNC(=O)OCc2ccccc2)C1.Cl. The number of nitrogens with zero attached hydrogens (tertiary/aromatic N) is 1. The van der Waals surface area contributed by atoms with E-state index in [1.54, 1.807) is 4.90 Å². The lowest BCUT2D eigenvalue weighted by Gasteiger charge is -2.37. The van der Waals surface area contributed by atoms with Crippen molar-refractivity contribution in [2.75, 3.05) is 26.2 Å². The molecule has 0 aliphatic carbocycles. The Morgan fingerprint density at radius 3 is 2.47 bits per heavy atom. The van der Waals surface area contributed by atoms with Crippen LogP contribution in [0.4, 0.5) is 4.79 Å². The first-order chi connectivity index (χ1) is 14.0. The molecule has 1 aliphatic rings. The van der Waals surface area contributed by atoms with Crippen LogP contribution in [0.1, 0.15) is 38.2 Å². The molecule has 30 heavy (non-hydrogen) atoms. The number of hydrogen-bond acceptors (Lipinski definition) is 5. The summed E-state index contributed by atoms with van der Waals surface area (Å²) < 4.78 is 5.14. The van der Waals surface area contributed by atoms with Gasteiger partial charge in [0.15, 0.2) is 0 Å². The van der Waals surface area contributed by atoms with Crippen molar-refractivity contribution < 1.29 is 19.1 Å². The lowest BCUT2D eigenvalue weighted by Crippen LogP contribution is -2.54. The van der Waals surface area contributed by atoms with Gasteiger partial charge in [-0.1, -0.05) is 37.3 Å². The van der Waals surface area contributed by atoms with Gasteiger partial charge in [0.05, 0.1) is 6.54 Å². The molecule has 0 saturated carbocycles. The van der Waals surface area contributed by atoms with Crippen molar-refractivity contribution >= 4 is 30.3 Å². The zero-order chi connectivity index (χ0) is 21.1. The Morgan fingerprint density at radius 2 is 1.80 bits per heavy atom. The number of likely N-dealkylation sites (tertiary alicyclic amines) is 1. The van der Waals surface area contributed by atoms with Crippen LogP contribution in [-0.2, 0) is 20.9 Å². The number of amides is 3. The lowest BCUT2D eigenvalue weighted by atomic mass is 9.91. The predicted octanol–water partition coefficient (Wildman–Crippen LogP) is 1.82. The fraction of sp³-hybridized carbons (Fsp3) is 0.571. The third kappa shape index (κ3) is 8.59. The maximum Gasteiger partial charge on any atom is 0.407 e. The van der Waals surface area contributed by atoms with Crippen LogP contribution in [0.15, 0.2) is 30.3 Å². The Bertz CT molecular complexity index is 674. The third-order valence-electron chi connectivity index (χ3n) is 5.05. The summed E-state index contributed by atoms with van der Waals surface area (Å²) in [6, 6.07) is 9.04. The number of benzene rings is 1. The van der Waals surface area contributed by atoms with E-state index in [4.69, 9.17) is 10.5 Å². The number of piperidine rings is 1. The average molecular weight is 441 g/mol. The predicted molar refractivity (Wildman–Crippen MR) is 117 cm³/mol. The van der Waals surface area contributed by atoms with Crippen LogP contribution in [0.5, 0.6) is 0 Å². The molecule has 168 valence electrons. The lowest BCUT2D eigenvalue weighted by molar-refractivity contribution is -0.142. The zero-order valence-electron chi connectivity index (χ0n) is 17.5. The fourth-order valence-corrected chi connectivity index (χ4v) is 3.35. The summed E-state index contributed by atoms with van der Waals surface area (Å²) in [5.41, 5.74) is 6.40. The molecule has 0 unspecified atom stereocenters. The summed E-state index contributed by atoms with van der Waals surface area (Å²) in [6.45, 7) is 3.79. The molecule has 4 N–H and O–H groups in total. The number of nitrogens with one attached hydrogen (secondary N) is 2. The highest BCUT2D eigenvalue weighted by Gasteiger charge is 2.33. The molecule has 3 amide bonds. The highest BCUT2D eigenvalue weighted by Crippen LogP contribution is 2.22. The second kappa shape index (κ2) is 13.8. The van der Waals surface area contributed by atoms with Crippen LogP contribution >= 0.6 is 12.4 Å². The molecule has 0 aromatic heterocycles. The number of alkyl carbamates (subject to hydrolysis) is 1. The van der Waals surface area contributed by atoms with Crippen LogP contribution in [0.3, 0.4) is 0 Å². The highest BCUT2D eigenvalue weighted by atomic mass is 35.5. The maximum absolute atomic E-state index is 12.5. The van der Waals surface area contributed by atoms with E-state index >= 15 is 0 Å². The first kappa shape index (κ1) is 25.7. The summed E-state index contributed by atoms with van der Waals surface area (Å²) in [5.74, 6) is 0.0857. The number of carbonyl (C=O) groups is 3. The summed E-state index contributed by atoms with van der Waals surface area (Å²) in [6.07, 6.45) is 2.53. The van der Waals surface area contributed by atoms with Gasteiger partial charge in [0.1, 0.15) is 12.6 Å². The van der Waals surface area contributed by atoms with Gasteiger partial charge in [0.2, 0.25) is 11.8 Å². The summed E-state index contributed by atoms with van der Waals surface area (Å²) in [4.78, 5) is 37.7. The van der Waals surface area contributed by atoms with Crippen molar-refractivity contribution in [2.24, 2.45) is 11.7 Å². The Labute approximate surface area is 184 Å². The number of unbranched alkanes of at least 4 members (excludes halogenated alkanes) is 1. The Balaban J connectivity index is 0.00000450. The number of rotatable bonds is 9. The van der Waals surface area contributed by atoms with E-state index in [0.717, 1.165) is 18.4 Å². The minimum absolute atomic E-state index is 0. The van der Waals surface area contributed by atoms with Crippen molar-refractivity contribution in [3.05, 3.63) is 35.9 Å². The zero-order valence-corrected chi connectivity index (χ0v) is 18.3. The maximum atomic E-state index is 12.5. The standard InChI is InChI=1S/C21H32N4O4.ClH/c1-16-9-12-25(19(26)14-22)18(13-16)20(27)23-10-5-6-11-24-21(28)29-15-17-7-3-2-4-8-17;/h2-4,7-8,16,18H,5-6,9-15,22H2,1H3,(H,23,27)(H,24,28);1H/t16-,18-;/m0./s1. The molecular weight excluding hydrogens is 408 g/mol. The number of ether oxygens (including phenoxy) is 1. The largest absolute Gasteiger partial charge is 0.445 e. The first-order valence-corrected chi connectivity index (χ1v) is 10.2. The summed E-state index contributed by atoms with van der Waals surface area (Å²) >= 11 is 0. The molecule has 1 saturated heterocycles. The molecule has 1 fully saturated rings. The molecule has 0 spiro atoms. The minimum Gasteiger partial charge on any atom is -0.445 e. The third-order valence-corrected chi connectivity index (χ3v) is 5.05. The number of carbonyl (C=O) groups excluding carboxylic acids is 3. The molecule has 0 radical (unpaired) electrons. The van der Waals surface area contributed by atoms with E-state index in [0.29, 0.717) is 38.4 Å². The number of hydrogen-bond donors (Lipinski definition) is 3. The second-order valence-electron chi connectivity index (χ2n) is 7.42. The van der Waals surface area contributed by atoms with Crippen molar-refractivity contribution in [2.45, 2.75) is 45.3 Å². The fourth-order valence-electron chi connectivity index (χ4n) is 3.35. The van der Waals surface area contributed by atoms with Gasteiger partial charge in [-0.2, -0.15) is 0 Å². The van der Waals surface area contributed by atoms with Gasteiger partial charge in [0, 0.05) is 19.6 Å². The molecule has 8 nitrogen and oxygen atoms in total. The van der Waals surface area contributed by atoms with E-state index in [9.17, 15) is 14.4 Å². The van der Waals surface area contributed by atoms with Gasteiger partial charge in [-0.15, -0.1) is 12.4 Å². The van der Waals surface area contributed by atoms with Crippen LogP contribution in [-0.4, -0.2) is 55.0 Å². The molecule has 1 heterocycles. The van der Waals surface area contributed by atoms with E-state index in [1.165, 1.54) is 0 Å². The molecule has 0 bridgehead atoms. The number of halogens is 1. The van der Waals surface area contributed by atoms with Gasteiger partial charge in [-0.3, -0.25) is 9.59 Å². The van der Waals surface area contributed by atoms with Crippen LogP contribution < -0.4 is 16.4 Å². The minimum atomic E-state index is -0.454. The molecule has 2 atom stereocenters. The Morgan fingerprint density at radius 1 is 1.13 bits per heavy atom. The monoisotopic (exact) mass is 440 g/mol. The summed E-state index contributed by atoms with van der Waals surface area (Å²) in [5, 5.41) is 5.60. The smallest absolute Gasteiger partial charge is 0.407 e. The normalized spacial score (nSPS) is 18.1. The van der Waals surface area contributed by atoms with Gasteiger partial charge < -0.3 is 26.0 Å². The van der Waals surface area contributed by atoms with Crippen molar-refractivity contribution in [1.29, 1.82) is 0 Å². The molecular formula is C21H33ClN4O4. The summed E-state index contributed by atoms with van der Waals surface area (Å²) in [7, 11) is 0. The van der Waals surface area contributed by atoms with Crippen LogP contribution in [0, 0.1) is 5.92 Å². The van der Waals surface area contributed by atoms with Crippen molar-refractivity contribution in [1.82, 2.24) is 15.5 Å². The van der Waals surface area contributed by atoms with Crippen molar-refractivity contribution in [3.8, 4) is 0 Å². The van der Waals surface area contributed by atoms with Gasteiger partial charge in [0.25, 0.3) is 0 Å². The van der Waals surface area contributed by atoms with Gasteiger partial charge in [-0.05, 0) is 37.2 Å². The number of nitrogens with two attached hydrogens (primary N) is 1. The topological polar surface area (TPSA) is 114 Å². The Kier molecular flexibility index (Phi) is 11.8. The quantitative estimate of drug-likeness (QED) is 0.507. The first-order valence-electron chi connectivity index (χ1n) is 10.2. The van der Waals surface area contributed by atoms with Crippen LogP contribution in [0.2, 0.25) is 0 Å². The highest BCUT2D eigenvalue weighted by molar-refractivity contribution is 5.88. The molecule has 9 heteroatoms. The van der Waals surface area contributed by atoms with E-state index < -0.39 is 12.1 Å². The van der Waals surface area contributed by atoms with E-state index in [-0.39, 0.29) is 37.4 Å². The second-order valence-corrected chi connectivity index (χ2v) is 7.42. The average Bonchev–Trinajstić information content (AvgIpc) is 2.74. The molecule has 1 aliphatic heterocycles. The Hall–Kier alpha value is -2.32. The van der Waals surface area contributed by atoms with Crippen molar-refractivity contribution in [3.63, 3.8) is 0 Å². The van der Waals surface area contributed by atoms with E-state index in [1.807, 2.05) is 30.3 Å². The van der Waals surface area contributed by atoms with Gasteiger partial charge in [-0.25, -0.2) is 4.79 Å². The van der Waals surface area contributed by atoms with E-state index in [2.05, 4.69) is 17.6 Å². The molecule has 1 aromatic rings. The van der Waals surface area contributed by atoms with Gasteiger partial charge >= 0.3 is 6.09 Å². The molecule has 1 aromatic carbocycles. The molecule has 2 rings (SSSR count).